The third-order valence-corrected chi connectivity index (χ3v) is 5.86. The minimum atomic E-state index is -0.840. The zero-order valence-electron chi connectivity index (χ0n) is 16.2. The Morgan fingerprint density at radius 1 is 1.48 bits per heavy atom. The first-order valence-electron chi connectivity index (χ1n) is 9.62. The van der Waals surface area contributed by atoms with Crippen molar-refractivity contribution in [1.29, 1.82) is 0 Å². The van der Waals surface area contributed by atoms with Gasteiger partial charge in [-0.25, -0.2) is 4.39 Å². The Hall–Kier alpha value is -1.36. The second-order valence-corrected chi connectivity index (χ2v) is 7.98. The lowest BCUT2D eigenvalue weighted by Gasteiger charge is -2.26. The van der Waals surface area contributed by atoms with Gasteiger partial charge in [-0.05, 0) is 48.5 Å². The van der Waals surface area contributed by atoms with Crippen LogP contribution >= 0.6 is 11.6 Å². The molecule has 0 aromatic rings. The molecule has 3 N–H and O–H groups in total. The van der Waals surface area contributed by atoms with Gasteiger partial charge in [0.1, 0.15) is 17.8 Å². The van der Waals surface area contributed by atoms with Crippen molar-refractivity contribution in [3.8, 4) is 0 Å². The van der Waals surface area contributed by atoms with Crippen molar-refractivity contribution in [2.75, 3.05) is 7.11 Å². The first kappa shape index (κ1) is 21.9. The van der Waals surface area contributed by atoms with Gasteiger partial charge in [0.2, 0.25) is 0 Å². The maximum absolute atomic E-state index is 14.7. The van der Waals surface area contributed by atoms with E-state index in [9.17, 15) is 9.50 Å². The number of methoxy groups -OCH3 is 1. The van der Waals surface area contributed by atoms with Crippen LogP contribution < -0.4 is 5.73 Å². The van der Waals surface area contributed by atoms with Crippen LogP contribution in [-0.4, -0.2) is 18.4 Å². The predicted molar refractivity (Wildman–Crippen MR) is 109 cm³/mol. The number of ether oxygens (including phenoxy) is 1. The number of aliphatic hydroxyl groups excluding tert-OH is 1. The van der Waals surface area contributed by atoms with Crippen molar-refractivity contribution in [3.63, 3.8) is 0 Å². The number of hydrogen-bond donors (Lipinski definition) is 2. The number of rotatable bonds is 10. The maximum Gasteiger partial charge on any atom is 0.130 e. The summed E-state index contributed by atoms with van der Waals surface area (Å²) in [6, 6.07) is 0. The van der Waals surface area contributed by atoms with Crippen LogP contribution in [0.25, 0.3) is 0 Å². The normalized spacial score (nSPS) is 24.1. The minimum absolute atomic E-state index is 0.0257. The number of nitrogens with two attached hydrogens (primary N) is 1. The average molecular weight is 396 g/mol. The summed E-state index contributed by atoms with van der Waals surface area (Å²) < 4.78 is 20.0. The first-order chi connectivity index (χ1) is 12.9. The lowest BCUT2D eigenvalue weighted by atomic mass is 9.84. The second-order valence-electron chi connectivity index (χ2n) is 7.58. The highest BCUT2D eigenvalue weighted by molar-refractivity contribution is 6.31. The zero-order valence-corrected chi connectivity index (χ0v) is 17.0. The summed E-state index contributed by atoms with van der Waals surface area (Å²) in [5.74, 6) is 0.484. The lowest BCUT2D eigenvalue weighted by molar-refractivity contribution is 0.0749. The van der Waals surface area contributed by atoms with E-state index in [0.29, 0.717) is 12.2 Å². The van der Waals surface area contributed by atoms with Gasteiger partial charge in [0, 0.05) is 5.92 Å². The molecule has 0 amide bonds. The third-order valence-electron chi connectivity index (χ3n) is 5.56. The largest absolute Gasteiger partial charge is 0.497 e. The highest BCUT2D eigenvalue weighted by Crippen LogP contribution is 2.37. The molecule has 1 saturated carbocycles. The van der Waals surface area contributed by atoms with E-state index in [-0.39, 0.29) is 16.9 Å². The molecule has 0 heterocycles. The summed E-state index contributed by atoms with van der Waals surface area (Å²) in [6.45, 7) is 5.92. The molecule has 2 aliphatic carbocycles. The standard InChI is InChI=1S/C22H31ClFNO2/c1-4-16(19-13-17(27-3)10-12-20(23)21(19)24)9-5-14(2)18(22(25)26)11-8-15-6-7-15/h4,9-10,12-15,18-19,22,26H,1,5-8,11,25H2,2-3H3/b16-9+. The molecule has 150 valence electrons. The van der Waals surface area contributed by atoms with E-state index in [4.69, 9.17) is 22.1 Å². The molecule has 2 aliphatic rings. The Labute approximate surface area is 167 Å². The van der Waals surface area contributed by atoms with E-state index in [2.05, 4.69) is 13.5 Å². The fourth-order valence-corrected chi connectivity index (χ4v) is 3.70. The van der Waals surface area contributed by atoms with Gasteiger partial charge >= 0.3 is 0 Å². The molecule has 27 heavy (non-hydrogen) atoms. The van der Waals surface area contributed by atoms with Crippen LogP contribution in [0.15, 0.2) is 59.2 Å². The molecule has 0 aliphatic heterocycles. The molecule has 4 atom stereocenters. The van der Waals surface area contributed by atoms with Crippen LogP contribution in [0.2, 0.25) is 0 Å². The van der Waals surface area contributed by atoms with Crippen LogP contribution in [0.1, 0.15) is 39.0 Å². The van der Waals surface area contributed by atoms with Crippen molar-refractivity contribution >= 4 is 11.6 Å². The van der Waals surface area contributed by atoms with Crippen LogP contribution in [0.3, 0.4) is 0 Å². The molecule has 1 fully saturated rings. The summed E-state index contributed by atoms with van der Waals surface area (Å²) in [5.41, 5.74) is 6.54. The van der Waals surface area contributed by atoms with Crippen molar-refractivity contribution < 1.29 is 14.2 Å². The lowest BCUT2D eigenvalue weighted by Crippen LogP contribution is -2.34. The Morgan fingerprint density at radius 2 is 2.19 bits per heavy atom. The van der Waals surface area contributed by atoms with Crippen molar-refractivity contribution in [2.24, 2.45) is 29.4 Å². The smallest absolute Gasteiger partial charge is 0.130 e. The van der Waals surface area contributed by atoms with E-state index in [0.717, 1.165) is 24.3 Å². The van der Waals surface area contributed by atoms with Crippen LogP contribution in [0.5, 0.6) is 0 Å². The number of aliphatic hydroxyl groups is 1. The Balaban J connectivity index is 2.13. The van der Waals surface area contributed by atoms with Gasteiger partial charge in [0.05, 0.1) is 18.1 Å². The topological polar surface area (TPSA) is 55.5 Å². The van der Waals surface area contributed by atoms with Crippen molar-refractivity contribution in [2.45, 2.75) is 45.3 Å². The molecule has 0 spiro atoms. The molecule has 2 rings (SSSR count). The van der Waals surface area contributed by atoms with Crippen LogP contribution in [0, 0.1) is 23.7 Å². The molecule has 0 aromatic heterocycles. The van der Waals surface area contributed by atoms with E-state index >= 15 is 0 Å². The molecule has 5 heteroatoms. The van der Waals surface area contributed by atoms with E-state index in [1.807, 2.05) is 6.08 Å². The fourth-order valence-electron chi connectivity index (χ4n) is 3.52. The van der Waals surface area contributed by atoms with Gasteiger partial charge in [-0.15, -0.1) is 0 Å². The van der Waals surface area contributed by atoms with Gasteiger partial charge in [0.25, 0.3) is 0 Å². The number of allylic oxidation sites excluding steroid dienone is 8. The summed E-state index contributed by atoms with van der Waals surface area (Å²) in [5, 5.41) is 10.0. The van der Waals surface area contributed by atoms with Crippen LogP contribution in [-0.2, 0) is 4.74 Å². The summed E-state index contributed by atoms with van der Waals surface area (Å²) in [6.07, 6.45) is 12.9. The SMILES string of the molecule is C=C/C(=C\CC(C)C(CCC1CC1)C(N)O)C1C=C(OC)C=CC(Cl)=C1F. The molecule has 0 radical (unpaired) electrons. The fraction of sp³-hybridized carbons (Fsp3) is 0.545. The van der Waals surface area contributed by atoms with Gasteiger partial charge in [0.15, 0.2) is 0 Å². The van der Waals surface area contributed by atoms with E-state index in [1.165, 1.54) is 26.0 Å². The maximum atomic E-state index is 14.7. The second kappa shape index (κ2) is 10.3. The van der Waals surface area contributed by atoms with Crippen molar-refractivity contribution in [1.82, 2.24) is 0 Å². The monoisotopic (exact) mass is 395 g/mol. The Morgan fingerprint density at radius 3 is 2.74 bits per heavy atom. The Kier molecular flexibility index (Phi) is 8.33. The van der Waals surface area contributed by atoms with Gasteiger partial charge < -0.3 is 15.6 Å². The summed E-state index contributed by atoms with van der Waals surface area (Å²) in [4.78, 5) is 0. The minimum Gasteiger partial charge on any atom is -0.497 e. The molecular formula is C22H31ClFNO2. The number of halogens is 2. The van der Waals surface area contributed by atoms with Crippen LogP contribution in [0.4, 0.5) is 4.39 Å². The molecule has 0 aromatic carbocycles. The third kappa shape index (κ3) is 6.34. The molecule has 0 saturated heterocycles. The predicted octanol–water partition coefficient (Wildman–Crippen LogP) is 5.34. The highest BCUT2D eigenvalue weighted by atomic mass is 35.5. The Bertz CT molecular complexity index is 647. The summed E-state index contributed by atoms with van der Waals surface area (Å²) in [7, 11) is 1.54. The van der Waals surface area contributed by atoms with Gasteiger partial charge in [-0.1, -0.05) is 56.5 Å². The molecule has 0 bridgehead atoms. The van der Waals surface area contributed by atoms with E-state index < -0.39 is 18.0 Å². The zero-order chi connectivity index (χ0) is 20.0. The quantitative estimate of drug-likeness (QED) is 0.387. The summed E-state index contributed by atoms with van der Waals surface area (Å²) >= 11 is 6.04. The highest BCUT2D eigenvalue weighted by Gasteiger charge is 2.28. The number of hydrogen-bond acceptors (Lipinski definition) is 3. The van der Waals surface area contributed by atoms with Gasteiger partial charge in [-0.2, -0.15) is 0 Å². The van der Waals surface area contributed by atoms with E-state index in [1.54, 1.807) is 18.2 Å². The first-order valence-corrected chi connectivity index (χ1v) is 10.00. The van der Waals surface area contributed by atoms with Crippen molar-refractivity contribution in [3.05, 3.63) is 59.2 Å². The molecule has 3 nitrogen and oxygen atoms in total. The molecule has 4 unspecified atom stereocenters. The molecular weight excluding hydrogens is 365 g/mol. The van der Waals surface area contributed by atoms with Gasteiger partial charge in [-0.3, -0.25) is 0 Å². The average Bonchev–Trinajstić information content (AvgIpc) is 3.47.